The van der Waals surface area contributed by atoms with E-state index in [1.165, 1.54) is 0 Å². The van der Waals surface area contributed by atoms with Gasteiger partial charge >= 0.3 is 0 Å². The van der Waals surface area contributed by atoms with Crippen LogP contribution < -0.4 is 0 Å². The first-order valence-electron chi connectivity index (χ1n) is 7.15. The van der Waals surface area contributed by atoms with Gasteiger partial charge in [-0.25, -0.2) is 0 Å². The van der Waals surface area contributed by atoms with Crippen molar-refractivity contribution in [1.82, 2.24) is 0 Å². The predicted molar refractivity (Wildman–Crippen MR) is 70.4 cm³/mol. The molecule has 6 atom stereocenters. The van der Waals surface area contributed by atoms with E-state index in [1.807, 2.05) is 0 Å². The van der Waals surface area contributed by atoms with Crippen LogP contribution in [0.4, 0.5) is 0 Å². The summed E-state index contributed by atoms with van der Waals surface area (Å²) < 4.78 is 10.4. The van der Waals surface area contributed by atoms with Gasteiger partial charge in [0.15, 0.2) is 0 Å². The zero-order chi connectivity index (χ0) is 13.8. The number of rotatable bonds is 4. The second-order valence-corrected chi connectivity index (χ2v) is 6.64. The molecule has 108 valence electrons. The molecule has 2 N–H and O–H groups in total. The summed E-state index contributed by atoms with van der Waals surface area (Å²) in [6.07, 6.45) is 2.07. The van der Waals surface area contributed by atoms with Crippen LogP contribution in [0.5, 0.6) is 0 Å². The molecule has 0 aromatic heterocycles. The van der Waals surface area contributed by atoms with Crippen LogP contribution in [0.2, 0.25) is 0 Å². The number of fused-ring (bicyclic) bond motifs is 1. The van der Waals surface area contributed by atoms with Crippen molar-refractivity contribution in [1.29, 1.82) is 0 Å². The number of methoxy groups -OCH3 is 1. The van der Waals surface area contributed by atoms with Crippen molar-refractivity contribution in [2.45, 2.75) is 37.4 Å². The fourth-order valence-corrected chi connectivity index (χ4v) is 5.06. The molecule has 4 rings (SSSR count). The first kappa shape index (κ1) is 13.6. The number of hydrogen-bond acceptors (Lipinski definition) is 4. The van der Waals surface area contributed by atoms with Crippen LogP contribution in [-0.4, -0.2) is 41.9 Å². The highest BCUT2D eigenvalue weighted by Crippen LogP contribution is 2.66. The monoisotopic (exact) mass is 268 g/mol. The Morgan fingerprint density at radius 2 is 2.11 bits per heavy atom. The molecule has 4 aliphatic carbocycles. The molecule has 4 bridgehead atoms. The van der Waals surface area contributed by atoms with Gasteiger partial charge in [0, 0.05) is 13.0 Å². The first-order chi connectivity index (χ1) is 8.94. The van der Waals surface area contributed by atoms with E-state index in [9.17, 15) is 10.2 Å². The molecule has 4 saturated carbocycles. The third-order valence-corrected chi connectivity index (χ3v) is 5.84. The third kappa shape index (κ3) is 1.67. The molecule has 19 heavy (non-hydrogen) atoms. The highest BCUT2D eigenvalue weighted by Gasteiger charge is 2.69. The quantitative estimate of drug-likeness (QED) is 0.459. The fourth-order valence-electron chi connectivity index (χ4n) is 5.06. The van der Waals surface area contributed by atoms with Gasteiger partial charge < -0.3 is 19.7 Å². The van der Waals surface area contributed by atoms with Gasteiger partial charge in [-0.2, -0.15) is 0 Å². The molecule has 0 saturated heterocycles. The molecular formula is C15H24O4. The zero-order valence-electron chi connectivity index (χ0n) is 11.8. The average Bonchev–Trinajstić information content (AvgIpc) is 2.60. The van der Waals surface area contributed by atoms with E-state index >= 15 is 0 Å². The normalized spacial score (nSPS) is 51.9. The fraction of sp³-hybridized carbons (Fsp3) is 0.867. The SMILES string of the molecule is C=C1[C@@H]2C[C@@]3(O)CC[C@@]1(O)[C@@H]3[C@@H](C)[C@@H]2COCOC. The molecule has 0 amide bonds. The summed E-state index contributed by atoms with van der Waals surface area (Å²) in [4.78, 5) is 0. The Morgan fingerprint density at radius 3 is 2.79 bits per heavy atom. The Balaban J connectivity index is 1.85. The molecule has 4 heteroatoms. The molecular weight excluding hydrogens is 244 g/mol. The molecule has 0 unspecified atom stereocenters. The molecule has 0 spiro atoms. The van der Waals surface area contributed by atoms with E-state index in [2.05, 4.69) is 13.5 Å². The summed E-state index contributed by atoms with van der Waals surface area (Å²) in [6, 6.07) is 0. The van der Waals surface area contributed by atoms with Gasteiger partial charge in [-0.3, -0.25) is 0 Å². The van der Waals surface area contributed by atoms with Crippen molar-refractivity contribution in [2.75, 3.05) is 20.5 Å². The van der Waals surface area contributed by atoms with Crippen LogP contribution in [-0.2, 0) is 9.47 Å². The maximum absolute atomic E-state index is 10.9. The van der Waals surface area contributed by atoms with E-state index in [1.54, 1.807) is 7.11 Å². The minimum Gasteiger partial charge on any atom is -0.389 e. The first-order valence-corrected chi connectivity index (χ1v) is 7.15. The molecule has 0 heterocycles. The standard InChI is InChI=1S/C15H24O4/c1-9-12(7-19-8-18-3)11-6-14(16)4-5-15(17,10(11)2)13(9)14/h9,11-13,16-17H,2,4-8H2,1,3H3/t9-,11-,12-,13+,14-,15-/m0/s1. The van der Waals surface area contributed by atoms with Gasteiger partial charge in [0.25, 0.3) is 0 Å². The lowest BCUT2D eigenvalue weighted by Crippen LogP contribution is -2.63. The lowest BCUT2D eigenvalue weighted by atomic mass is 9.49. The second-order valence-electron chi connectivity index (χ2n) is 6.64. The van der Waals surface area contributed by atoms with E-state index in [4.69, 9.17) is 9.47 Å². The number of hydrogen-bond donors (Lipinski definition) is 2. The molecule has 4 fully saturated rings. The van der Waals surface area contributed by atoms with Gasteiger partial charge in [0.05, 0.1) is 17.8 Å². The van der Waals surface area contributed by atoms with Crippen LogP contribution in [0.25, 0.3) is 0 Å². The second kappa shape index (κ2) is 4.29. The van der Waals surface area contributed by atoms with Crippen LogP contribution in [0.1, 0.15) is 26.2 Å². The highest BCUT2D eigenvalue weighted by atomic mass is 16.7. The van der Waals surface area contributed by atoms with E-state index < -0.39 is 11.2 Å². The Morgan fingerprint density at radius 1 is 1.37 bits per heavy atom. The Kier molecular flexibility index (Phi) is 3.06. The Labute approximate surface area is 114 Å². The summed E-state index contributed by atoms with van der Waals surface area (Å²) in [6.45, 7) is 7.18. The molecule has 0 aromatic carbocycles. The van der Waals surface area contributed by atoms with Gasteiger partial charge in [0.1, 0.15) is 6.79 Å². The molecule has 0 aromatic rings. The predicted octanol–water partition coefficient (Wildman–Crippen LogP) is 1.32. The number of ether oxygens (including phenoxy) is 2. The van der Waals surface area contributed by atoms with E-state index in [0.29, 0.717) is 32.2 Å². The molecule has 0 aliphatic heterocycles. The molecule has 4 nitrogen and oxygen atoms in total. The lowest BCUT2D eigenvalue weighted by Gasteiger charge is -2.59. The summed E-state index contributed by atoms with van der Waals surface area (Å²) in [5.74, 6) is 0.646. The van der Waals surface area contributed by atoms with Crippen LogP contribution >= 0.6 is 0 Å². The lowest BCUT2D eigenvalue weighted by molar-refractivity contribution is -0.183. The average molecular weight is 268 g/mol. The Bertz CT molecular complexity index is 396. The van der Waals surface area contributed by atoms with E-state index in [-0.39, 0.29) is 17.8 Å². The van der Waals surface area contributed by atoms with Crippen LogP contribution in [0.3, 0.4) is 0 Å². The van der Waals surface area contributed by atoms with Crippen LogP contribution in [0, 0.1) is 23.7 Å². The molecule has 0 radical (unpaired) electrons. The minimum atomic E-state index is -0.852. The van der Waals surface area contributed by atoms with Crippen molar-refractivity contribution >= 4 is 0 Å². The summed E-state index contributed by atoms with van der Waals surface area (Å²) >= 11 is 0. The maximum Gasteiger partial charge on any atom is 0.146 e. The smallest absolute Gasteiger partial charge is 0.146 e. The van der Waals surface area contributed by atoms with Gasteiger partial charge in [-0.1, -0.05) is 13.5 Å². The topological polar surface area (TPSA) is 58.9 Å². The third-order valence-electron chi connectivity index (χ3n) is 5.84. The van der Waals surface area contributed by atoms with Crippen molar-refractivity contribution < 1.29 is 19.7 Å². The Hall–Kier alpha value is -0.420. The van der Waals surface area contributed by atoms with E-state index in [0.717, 1.165) is 12.0 Å². The largest absolute Gasteiger partial charge is 0.389 e. The summed E-state index contributed by atoms with van der Waals surface area (Å²) in [5, 5.41) is 21.7. The van der Waals surface area contributed by atoms with Crippen molar-refractivity contribution in [3.8, 4) is 0 Å². The van der Waals surface area contributed by atoms with Crippen molar-refractivity contribution in [3.63, 3.8) is 0 Å². The summed E-state index contributed by atoms with van der Waals surface area (Å²) in [5.41, 5.74) is -0.629. The van der Waals surface area contributed by atoms with Gasteiger partial charge in [0.2, 0.25) is 0 Å². The highest BCUT2D eigenvalue weighted by molar-refractivity contribution is 5.34. The van der Waals surface area contributed by atoms with Gasteiger partial charge in [-0.15, -0.1) is 0 Å². The zero-order valence-corrected chi connectivity index (χ0v) is 11.8. The maximum atomic E-state index is 10.9. The van der Waals surface area contributed by atoms with Crippen molar-refractivity contribution in [2.24, 2.45) is 23.7 Å². The van der Waals surface area contributed by atoms with Crippen molar-refractivity contribution in [3.05, 3.63) is 12.2 Å². The minimum absolute atomic E-state index is 0.0892. The van der Waals surface area contributed by atoms with Gasteiger partial charge in [-0.05, 0) is 42.6 Å². The molecule has 4 aliphatic rings. The summed E-state index contributed by atoms with van der Waals surface area (Å²) in [7, 11) is 1.61. The van der Waals surface area contributed by atoms with Crippen LogP contribution in [0.15, 0.2) is 12.2 Å². The number of aliphatic hydroxyl groups is 2.